The number of hydrogen-bond acceptors (Lipinski definition) is 3. The number of ether oxygens (including phenoxy) is 2. The molecule has 3 N–H and O–H groups in total. The van der Waals surface area contributed by atoms with Crippen LogP contribution in [0.1, 0.15) is 20.3 Å². The Morgan fingerprint density at radius 2 is 1.88 bits per heavy atom. The average molecular weight is 459 g/mol. The maximum Gasteiger partial charge on any atom is 0.573 e. The van der Waals surface area contributed by atoms with E-state index < -0.39 is 6.36 Å². The van der Waals surface area contributed by atoms with Gasteiger partial charge in [-0.3, -0.25) is 0 Å². The highest BCUT2D eigenvalue weighted by Gasteiger charge is 2.48. The molecular weight excluding hydrogens is 438 g/mol. The van der Waals surface area contributed by atoms with Gasteiger partial charge in [-0.15, -0.1) is 37.1 Å². The number of anilines is 1. The topological polar surface area (TPSA) is 68.9 Å². The summed E-state index contributed by atoms with van der Waals surface area (Å²) < 4.78 is 45.4. The summed E-state index contributed by atoms with van der Waals surface area (Å²) in [6.45, 7) is 4.10. The molecule has 0 radical (unpaired) electrons. The van der Waals surface area contributed by atoms with Crippen molar-refractivity contribution < 1.29 is 22.6 Å². The van der Waals surface area contributed by atoms with Crippen LogP contribution >= 0.6 is 24.0 Å². The summed E-state index contributed by atoms with van der Waals surface area (Å²) >= 11 is 0. The minimum atomic E-state index is -4.71. The molecule has 2 atom stereocenters. The first-order chi connectivity index (χ1) is 10.6. The Bertz CT molecular complexity index is 576. The van der Waals surface area contributed by atoms with E-state index in [0.29, 0.717) is 5.69 Å². The maximum atomic E-state index is 12.1. The number of methoxy groups -OCH3 is 1. The molecule has 1 saturated carbocycles. The van der Waals surface area contributed by atoms with Crippen LogP contribution in [0.25, 0.3) is 0 Å². The smallest absolute Gasteiger partial charge is 0.406 e. The van der Waals surface area contributed by atoms with Gasteiger partial charge in [-0.25, -0.2) is 4.99 Å². The van der Waals surface area contributed by atoms with Gasteiger partial charge < -0.3 is 20.5 Å². The molecule has 2 unspecified atom stereocenters. The Labute approximate surface area is 155 Å². The molecule has 0 aliphatic heterocycles. The minimum absolute atomic E-state index is 0. The number of nitrogens with two attached hydrogens (primary N) is 1. The van der Waals surface area contributed by atoms with Gasteiger partial charge in [0.1, 0.15) is 5.75 Å². The molecule has 5 nitrogen and oxygen atoms in total. The number of nitrogens with one attached hydrogen (secondary N) is 1. The Morgan fingerprint density at radius 1 is 1.29 bits per heavy atom. The lowest BCUT2D eigenvalue weighted by molar-refractivity contribution is -0.274. The van der Waals surface area contributed by atoms with Crippen molar-refractivity contribution in [2.45, 2.75) is 38.8 Å². The SMILES string of the molecule is COC1CC(N=C(N)Nc2ccc(OC(F)(F)F)cc2)C1(C)C.I. The van der Waals surface area contributed by atoms with Crippen LogP contribution in [0.15, 0.2) is 29.3 Å². The van der Waals surface area contributed by atoms with Crippen LogP contribution in [0.5, 0.6) is 5.75 Å². The van der Waals surface area contributed by atoms with E-state index >= 15 is 0 Å². The first-order valence-electron chi connectivity index (χ1n) is 7.10. The van der Waals surface area contributed by atoms with Gasteiger partial charge in [0.25, 0.3) is 0 Å². The second-order valence-corrected chi connectivity index (χ2v) is 6.01. The summed E-state index contributed by atoms with van der Waals surface area (Å²) in [5.41, 5.74) is 6.27. The van der Waals surface area contributed by atoms with Gasteiger partial charge in [-0.05, 0) is 30.7 Å². The van der Waals surface area contributed by atoms with E-state index in [1.54, 1.807) is 7.11 Å². The normalized spacial score (nSPS) is 23.0. The Morgan fingerprint density at radius 3 is 2.33 bits per heavy atom. The van der Waals surface area contributed by atoms with E-state index in [2.05, 4.69) is 28.9 Å². The van der Waals surface area contributed by atoms with E-state index in [1.165, 1.54) is 24.3 Å². The quantitative estimate of drug-likeness (QED) is 0.409. The Balaban J connectivity index is 0.00000288. The van der Waals surface area contributed by atoms with Gasteiger partial charge in [-0.2, -0.15) is 0 Å². The zero-order valence-electron chi connectivity index (χ0n) is 13.6. The van der Waals surface area contributed by atoms with Crippen LogP contribution in [-0.4, -0.2) is 31.6 Å². The summed E-state index contributed by atoms with van der Waals surface area (Å²) in [6, 6.07) is 5.32. The maximum absolute atomic E-state index is 12.1. The fourth-order valence-corrected chi connectivity index (χ4v) is 2.57. The number of guanidine groups is 1. The molecule has 0 aromatic heterocycles. The van der Waals surface area contributed by atoms with Gasteiger partial charge >= 0.3 is 6.36 Å². The van der Waals surface area contributed by atoms with Crippen LogP contribution in [-0.2, 0) is 4.74 Å². The highest BCUT2D eigenvalue weighted by atomic mass is 127. The lowest BCUT2D eigenvalue weighted by atomic mass is 9.65. The summed E-state index contributed by atoms with van der Waals surface area (Å²) in [7, 11) is 1.67. The van der Waals surface area contributed by atoms with Crippen molar-refractivity contribution in [1.29, 1.82) is 0 Å². The van der Waals surface area contributed by atoms with Crippen molar-refractivity contribution in [3.05, 3.63) is 24.3 Å². The fourth-order valence-electron chi connectivity index (χ4n) is 2.57. The van der Waals surface area contributed by atoms with Crippen molar-refractivity contribution in [2.75, 3.05) is 12.4 Å². The molecule has 136 valence electrons. The molecular formula is C15H21F3IN3O2. The number of hydrogen-bond donors (Lipinski definition) is 2. The molecule has 1 aromatic rings. The molecule has 0 amide bonds. The Hall–Kier alpha value is -1.23. The van der Waals surface area contributed by atoms with E-state index in [-0.39, 0.29) is 53.2 Å². The third kappa shape index (κ3) is 5.13. The number of alkyl halides is 3. The summed E-state index contributed by atoms with van der Waals surface area (Å²) in [5.74, 6) is -0.0799. The molecule has 1 aromatic carbocycles. The number of rotatable bonds is 4. The van der Waals surface area contributed by atoms with Crippen LogP contribution in [0.2, 0.25) is 0 Å². The summed E-state index contributed by atoms with van der Waals surface area (Å²) in [5, 5.41) is 2.85. The molecule has 24 heavy (non-hydrogen) atoms. The number of aliphatic imine (C=N–C) groups is 1. The molecule has 9 heteroatoms. The summed E-state index contributed by atoms with van der Waals surface area (Å²) in [6.07, 6.45) is -3.78. The zero-order chi connectivity index (χ0) is 17.3. The zero-order valence-corrected chi connectivity index (χ0v) is 15.9. The van der Waals surface area contributed by atoms with Crippen LogP contribution in [0.3, 0.4) is 0 Å². The average Bonchev–Trinajstić information content (AvgIpc) is 2.43. The molecule has 1 aliphatic carbocycles. The molecule has 0 heterocycles. The number of nitrogens with zero attached hydrogens (tertiary/aromatic N) is 1. The first-order valence-corrected chi connectivity index (χ1v) is 7.10. The van der Waals surface area contributed by atoms with Crippen LogP contribution in [0.4, 0.5) is 18.9 Å². The van der Waals surface area contributed by atoms with Crippen molar-refractivity contribution in [3.63, 3.8) is 0 Å². The first kappa shape index (κ1) is 20.8. The lowest BCUT2D eigenvalue weighted by Gasteiger charge is -2.48. The molecule has 2 rings (SSSR count). The lowest BCUT2D eigenvalue weighted by Crippen LogP contribution is -2.54. The molecule has 0 saturated heterocycles. The predicted molar refractivity (Wildman–Crippen MR) is 96.8 cm³/mol. The molecule has 1 fully saturated rings. The van der Waals surface area contributed by atoms with E-state index in [4.69, 9.17) is 10.5 Å². The van der Waals surface area contributed by atoms with Crippen LogP contribution < -0.4 is 15.8 Å². The van der Waals surface area contributed by atoms with Gasteiger partial charge in [-0.1, -0.05) is 13.8 Å². The fraction of sp³-hybridized carbons (Fsp3) is 0.533. The third-order valence-corrected chi connectivity index (χ3v) is 4.07. The Kier molecular flexibility index (Phi) is 6.74. The molecule has 1 aliphatic rings. The second-order valence-electron chi connectivity index (χ2n) is 6.01. The summed E-state index contributed by atoms with van der Waals surface area (Å²) in [4.78, 5) is 4.40. The highest BCUT2D eigenvalue weighted by Crippen LogP contribution is 2.44. The molecule has 0 spiro atoms. The molecule has 0 bridgehead atoms. The second kappa shape index (κ2) is 7.77. The van der Waals surface area contributed by atoms with E-state index in [0.717, 1.165) is 6.42 Å². The number of halogens is 4. The minimum Gasteiger partial charge on any atom is -0.406 e. The van der Waals surface area contributed by atoms with Crippen molar-refractivity contribution >= 4 is 35.6 Å². The van der Waals surface area contributed by atoms with Gasteiger partial charge in [0.2, 0.25) is 0 Å². The number of benzene rings is 1. The van der Waals surface area contributed by atoms with Crippen LogP contribution in [0, 0.1) is 5.41 Å². The van der Waals surface area contributed by atoms with Crippen molar-refractivity contribution in [3.8, 4) is 5.75 Å². The third-order valence-electron chi connectivity index (χ3n) is 4.07. The van der Waals surface area contributed by atoms with Gasteiger partial charge in [0, 0.05) is 18.2 Å². The highest BCUT2D eigenvalue weighted by molar-refractivity contribution is 14.0. The monoisotopic (exact) mass is 459 g/mol. The predicted octanol–water partition coefficient (Wildman–Crippen LogP) is 3.74. The standard InChI is InChI=1S/C15H20F3N3O2.HI/c1-14(2)11(8-12(14)22-3)21-13(19)20-9-4-6-10(7-5-9)23-15(16,17)18;/h4-7,11-12H,8H2,1-3H3,(H3,19,20,21);1H. The van der Waals surface area contributed by atoms with Crippen molar-refractivity contribution in [1.82, 2.24) is 0 Å². The largest absolute Gasteiger partial charge is 0.573 e. The van der Waals surface area contributed by atoms with Crippen molar-refractivity contribution in [2.24, 2.45) is 16.1 Å². The van der Waals surface area contributed by atoms with Gasteiger partial charge in [0.15, 0.2) is 5.96 Å². The van der Waals surface area contributed by atoms with E-state index in [1.807, 2.05) is 0 Å². The van der Waals surface area contributed by atoms with E-state index in [9.17, 15) is 13.2 Å². The van der Waals surface area contributed by atoms with Gasteiger partial charge in [0.05, 0.1) is 12.1 Å².